The van der Waals surface area contributed by atoms with Gasteiger partial charge >= 0.3 is 0 Å². The summed E-state index contributed by atoms with van der Waals surface area (Å²) in [6.45, 7) is 10.1. The molecule has 0 spiro atoms. The molecule has 0 saturated carbocycles. The van der Waals surface area contributed by atoms with Crippen molar-refractivity contribution < 1.29 is 13.9 Å². The molecule has 35 heavy (non-hydrogen) atoms. The summed E-state index contributed by atoms with van der Waals surface area (Å²) in [5.74, 6) is 0.153. The van der Waals surface area contributed by atoms with Crippen LogP contribution in [0, 0.1) is 12.7 Å². The van der Waals surface area contributed by atoms with Crippen LogP contribution < -0.4 is 10.5 Å². The van der Waals surface area contributed by atoms with Gasteiger partial charge in [0, 0.05) is 49.1 Å². The molecule has 1 unspecified atom stereocenters. The zero-order chi connectivity index (χ0) is 25.1. The smallest absolute Gasteiger partial charge is 0.253 e. The molecule has 6 nitrogen and oxygen atoms in total. The van der Waals surface area contributed by atoms with Crippen molar-refractivity contribution in [3.05, 3.63) is 76.2 Å². The Balaban J connectivity index is 1.51. The van der Waals surface area contributed by atoms with E-state index in [1.807, 2.05) is 36.1 Å². The highest BCUT2D eigenvalue weighted by atomic mass is 35.5. The third kappa shape index (κ3) is 5.41. The molecule has 1 aliphatic rings. The summed E-state index contributed by atoms with van der Waals surface area (Å²) in [7, 11) is 0. The zero-order valence-corrected chi connectivity index (χ0v) is 21.0. The van der Waals surface area contributed by atoms with Gasteiger partial charge in [0.1, 0.15) is 11.9 Å². The van der Waals surface area contributed by atoms with Crippen LogP contribution in [0.5, 0.6) is 5.75 Å². The Hall–Kier alpha value is -3.16. The van der Waals surface area contributed by atoms with Crippen LogP contribution in [0.1, 0.15) is 41.4 Å². The van der Waals surface area contributed by atoms with Gasteiger partial charge in [0.15, 0.2) is 11.6 Å². The first-order valence-electron chi connectivity index (χ1n) is 11.8. The van der Waals surface area contributed by atoms with Gasteiger partial charge in [-0.25, -0.2) is 9.37 Å². The van der Waals surface area contributed by atoms with Crippen LogP contribution in [0.15, 0.2) is 48.7 Å². The van der Waals surface area contributed by atoms with Crippen LogP contribution >= 0.6 is 11.6 Å². The normalized spacial score (nSPS) is 15.2. The SMILES string of the molecule is CCN1CCN(C(=O)c2ccc(-c3cnc(N)c(OC(C)c4c(C)ccc(F)c4Cl)c3)cc2)CC1. The summed E-state index contributed by atoms with van der Waals surface area (Å²) in [4.78, 5) is 21.4. The molecule has 0 radical (unpaired) electrons. The number of nitrogen functional groups attached to an aromatic ring is 1. The molecule has 2 N–H and O–H groups in total. The molecular weight excluding hydrogens is 467 g/mol. The minimum absolute atomic E-state index is 0.0385. The van der Waals surface area contributed by atoms with E-state index in [1.54, 1.807) is 25.3 Å². The van der Waals surface area contributed by atoms with E-state index >= 15 is 0 Å². The van der Waals surface area contributed by atoms with E-state index in [2.05, 4.69) is 16.8 Å². The molecule has 1 aromatic heterocycles. The molecular formula is C27H30ClFN4O2. The number of rotatable bonds is 6. The maximum Gasteiger partial charge on any atom is 0.253 e. The van der Waals surface area contributed by atoms with E-state index in [-0.39, 0.29) is 16.7 Å². The number of hydrogen-bond donors (Lipinski definition) is 1. The van der Waals surface area contributed by atoms with Crippen molar-refractivity contribution in [2.45, 2.75) is 26.9 Å². The minimum atomic E-state index is -0.536. The highest BCUT2D eigenvalue weighted by Crippen LogP contribution is 2.35. The number of amides is 1. The lowest BCUT2D eigenvalue weighted by atomic mass is 10.0. The first-order chi connectivity index (χ1) is 16.8. The van der Waals surface area contributed by atoms with Gasteiger partial charge in [0.25, 0.3) is 5.91 Å². The van der Waals surface area contributed by atoms with Crippen LogP contribution in [0.3, 0.4) is 0 Å². The third-order valence-electron chi connectivity index (χ3n) is 6.51. The van der Waals surface area contributed by atoms with Gasteiger partial charge < -0.3 is 20.3 Å². The number of ether oxygens (including phenoxy) is 1. The summed E-state index contributed by atoms with van der Waals surface area (Å²) >= 11 is 6.20. The number of halogens is 2. The summed E-state index contributed by atoms with van der Waals surface area (Å²) in [5.41, 5.74) is 9.78. The second-order valence-electron chi connectivity index (χ2n) is 8.76. The van der Waals surface area contributed by atoms with Crippen molar-refractivity contribution in [1.82, 2.24) is 14.8 Å². The van der Waals surface area contributed by atoms with Gasteiger partial charge in [0.2, 0.25) is 0 Å². The predicted molar refractivity (Wildman–Crippen MR) is 137 cm³/mol. The molecule has 1 fully saturated rings. The lowest BCUT2D eigenvalue weighted by molar-refractivity contribution is 0.0643. The number of benzene rings is 2. The van der Waals surface area contributed by atoms with Crippen LogP contribution in [0.2, 0.25) is 5.02 Å². The second kappa shape index (κ2) is 10.6. The number of aryl methyl sites for hydroxylation is 1. The van der Waals surface area contributed by atoms with Crippen molar-refractivity contribution >= 4 is 23.3 Å². The average Bonchev–Trinajstić information content (AvgIpc) is 2.87. The van der Waals surface area contributed by atoms with E-state index in [0.717, 1.165) is 49.4 Å². The second-order valence-corrected chi connectivity index (χ2v) is 9.14. The highest BCUT2D eigenvalue weighted by Gasteiger charge is 2.22. The van der Waals surface area contributed by atoms with Crippen LogP contribution in [-0.2, 0) is 0 Å². The average molecular weight is 497 g/mol. The Morgan fingerprint density at radius 2 is 1.83 bits per heavy atom. The van der Waals surface area contributed by atoms with Crippen molar-refractivity contribution in [3.63, 3.8) is 0 Å². The first-order valence-corrected chi connectivity index (χ1v) is 12.1. The minimum Gasteiger partial charge on any atom is -0.482 e. The van der Waals surface area contributed by atoms with Crippen molar-refractivity contribution in [2.75, 3.05) is 38.5 Å². The van der Waals surface area contributed by atoms with E-state index in [1.165, 1.54) is 6.07 Å². The summed E-state index contributed by atoms with van der Waals surface area (Å²) in [6, 6.07) is 12.2. The van der Waals surface area contributed by atoms with Gasteiger partial charge in [-0.3, -0.25) is 4.79 Å². The molecule has 1 atom stereocenters. The van der Waals surface area contributed by atoms with E-state index in [0.29, 0.717) is 16.9 Å². The third-order valence-corrected chi connectivity index (χ3v) is 6.90. The van der Waals surface area contributed by atoms with Gasteiger partial charge in [-0.15, -0.1) is 0 Å². The highest BCUT2D eigenvalue weighted by molar-refractivity contribution is 6.31. The molecule has 1 aliphatic heterocycles. The number of piperazine rings is 1. The summed E-state index contributed by atoms with van der Waals surface area (Å²) in [6.07, 6.45) is 1.12. The fourth-order valence-electron chi connectivity index (χ4n) is 4.37. The molecule has 4 rings (SSSR count). The van der Waals surface area contributed by atoms with E-state index in [4.69, 9.17) is 22.1 Å². The molecule has 8 heteroatoms. The Morgan fingerprint density at radius 3 is 2.49 bits per heavy atom. The maximum absolute atomic E-state index is 14.0. The van der Waals surface area contributed by atoms with Crippen molar-refractivity contribution in [3.8, 4) is 16.9 Å². The van der Waals surface area contributed by atoms with Crippen molar-refractivity contribution in [2.24, 2.45) is 0 Å². The fourth-order valence-corrected chi connectivity index (χ4v) is 4.74. The Morgan fingerprint density at radius 1 is 1.14 bits per heavy atom. The largest absolute Gasteiger partial charge is 0.482 e. The topological polar surface area (TPSA) is 71.7 Å². The number of anilines is 1. The molecule has 3 aromatic rings. The summed E-state index contributed by atoms with van der Waals surface area (Å²) in [5, 5.41) is 0.0385. The summed E-state index contributed by atoms with van der Waals surface area (Å²) < 4.78 is 20.1. The van der Waals surface area contributed by atoms with Crippen LogP contribution in [0.4, 0.5) is 10.2 Å². The number of nitrogens with zero attached hydrogens (tertiary/aromatic N) is 3. The van der Waals surface area contributed by atoms with Crippen LogP contribution in [0.25, 0.3) is 11.1 Å². The fraction of sp³-hybridized carbons (Fsp3) is 0.333. The molecule has 0 bridgehead atoms. The molecule has 2 aromatic carbocycles. The van der Waals surface area contributed by atoms with Crippen LogP contribution in [-0.4, -0.2) is 53.4 Å². The zero-order valence-electron chi connectivity index (χ0n) is 20.2. The maximum atomic E-state index is 14.0. The number of likely N-dealkylation sites (N-methyl/N-ethyl adjacent to an activating group) is 1. The standard InChI is InChI=1S/C27H30ClFN4O2/c1-4-32-11-13-33(14-12-32)27(34)20-8-6-19(7-9-20)21-15-23(26(30)31-16-21)35-18(3)24-17(2)5-10-22(29)25(24)28/h5-10,15-16,18H,4,11-14H2,1-3H3,(H2,30,31). The number of pyridine rings is 1. The molecule has 1 saturated heterocycles. The number of nitrogens with two attached hydrogens (primary N) is 1. The lowest BCUT2D eigenvalue weighted by Gasteiger charge is -2.34. The predicted octanol–water partition coefficient (Wildman–Crippen LogP) is 5.35. The Labute approximate surface area is 210 Å². The number of carbonyl (C=O) groups is 1. The monoisotopic (exact) mass is 496 g/mol. The van der Waals surface area contributed by atoms with Gasteiger partial charge in [-0.05, 0) is 55.8 Å². The Bertz CT molecular complexity index is 1210. The van der Waals surface area contributed by atoms with Gasteiger partial charge in [-0.1, -0.05) is 36.7 Å². The Kier molecular flexibility index (Phi) is 7.57. The lowest BCUT2D eigenvalue weighted by Crippen LogP contribution is -2.48. The number of hydrogen-bond acceptors (Lipinski definition) is 5. The molecule has 184 valence electrons. The van der Waals surface area contributed by atoms with Crippen molar-refractivity contribution in [1.29, 1.82) is 0 Å². The van der Waals surface area contributed by atoms with Gasteiger partial charge in [0.05, 0.1) is 5.02 Å². The molecule has 2 heterocycles. The molecule has 0 aliphatic carbocycles. The number of aromatic nitrogens is 1. The molecule has 1 amide bonds. The van der Waals surface area contributed by atoms with E-state index in [9.17, 15) is 9.18 Å². The quantitative estimate of drug-likeness (QED) is 0.498. The number of carbonyl (C=O) groups excluding carboxylic acids is 1. The first kappa shape index (κ1) is 24.9. The van der Waals surface area contributed by atoms with Gasteiger partial charge in [-0.2, -0.15) is 0 Å². The van der Waals surface area contributed by atoms with E-state index < -0.39 is 11.9 Å².